The Bertz CT molecular complexity index is 1670. The zero-order valence-corrected chi connectivity index (χ0v) is 24.7. The molecule has 3 aliphatic rings. The Kier molecular flexibility index (Phi) is 7.80. The largest absolute Gasteiger partial charge is 0.446 e. The van der Waals surface area contributed by atoms with Gasteiger partial charge in [0.05, 0.1) is 12.3 Å². The zero-order valence-electron chi connectivity index (χ0n) is 24.7. The number of aryl methyl sites for hydroxylation is 1. The second-order valence-electron chi connectivity index (χ2n) is 12.2. The quantitative estimate of drug-likeness (QED) is 0.203. The minimum absolute atomic E-state index is 0.00116. The number of epoxide rings is 1. The number of piperidine rings is 1. The Morgan fingerprint density at radius 2 is 1.61 bits per heavy atom. The van der Waals surface area contributed by atoms with E-state index < -0.39 is 6.09 Å². The molecule has 3 heterocycles. The Labute approximate surface area is 257 Å². The van der Waals surface area contributed by atoms with Gasteiger partial charge in [-0.2, -0.15) is 0 Å². The lowest BCUT2D eigenvalue weighted by Gasteiger charge is -2.37. The van der Waals surface area contributed by atoms with Crippen molar-refractivity contribution in [2.24, 2.45) is 0 Å². The molecule has 5 atom stereocenters. The van der Waals surface area contributed by atoms with E-state index in [0.29, 0.717) is 49.2 Å². The molecular formula is C36H37N3O5. The first kappa shape index (κ1) is 28.5. The van der Waals surface area contributed by atoms with E-state index in [0.717, 1.165) is 51.6 Å². The molecule has 2 bridgehead atoms. The van der Waals surface area contributed by atoms with Gasteiger partial charge in [-0.15, -0.1) is 0 Å². The van der Waals surface area contributed by atoms with Gasteiger partial charge in [-0.1, -0.05) is 60.7 Å². The van der Waals surface area contributed by atoms with Crippen LogP contribution in [-0.4, -0.2) is 59.5 Å². The molecule has 226 valence electrons. The smallest absolute Gasteiger partial charge is 0.411 e. The van der Waals surface area contributed by atoms with Gasteiger partial charge >= 0.3 is 6.09 Å². The minimum Gasteiger partial charge on any atom is -0.446 e. The van der Waals surface area contributed by atoms with Crippen LogP contribution in [0, 0.1) is 0 Å². The topological polar surface area (TPSA) is 103 Å². The van der Waals surface area contributed by atoms with Gasteiger partial charge in [0, 0.05) is 42.6 Å². The fourth-order valence-electron chi connectivity index (χ4n) is 6.96. The average Bonchev–Trinajstić information content (AvgIpc) is 3.80. The van der Waals surface area contributed by atoms with Crippen LogP contribution >= 0.6 is 0 Å². The predicted molar refractivity (Wildman–Crippen MR) is 170 cm³/mol. The van der Waals surface area contributed by atoms with Crippen LogP contribution in [-0.2, 0) is 27.3 Å². The monoisotopic (exact) mass is 591 g/mol. The van der Waals surface area contributed by atoms with Gasteiger partial charge in [0.15, 0.2) is 0 Å². The molecule has 0 aliphatic carbocycles. The lowest BCUT2D eigenvalue weighted by atomic mass is 9.99. The van der Waals surface area contributed by atoms with Crippen molar-refractivity contribution in [2.45, 2.75) is 69.1 Å². The van der Waals surface area contributed by atoms with Crippen molar-refractivity contribution in [3.05, 3.63) is 96.1 Å². The number of carbonyl (C=O) groups excluding carboxylic acids is 2. The highest BCUT2D eigenvalue weighted by atomic mass is 16.6. The number of aliphatic hydroxyl groups is 1. The van der Waals surface area contributed by atoms with Crippen molar-refractivity contribution in [2.75, 3.05) is 17.7 Å². The van der Waals surface area contributed by atoms with Crippen LogP contribution in [0.25, 0.3) is 21.9 Å². The number of benzene rings is 4. The van der Waals surface area contributed by atoms with Crippen molar-refractivity contribution >= 4 is 34.1 Å². The number of morpholine rings is 1. The molecule has 0 aromatic heterocycles. The van der Waals surface area contributed by atoms with Crippen LogP contribution in [0.1, 0.15) is 36.8 Å². The summed E-state index contributed by atoms with van der Waals surface area (Å²) < 4.78 is 11.7. The van der Waals surface area contributed by atoms with E-state index in [9.17, 15) is 14.7 Å². The van der Waals surface area contributed by atoms with Gasteiger partial charge in [0.2, 0.25) is 5.91 Å². The average molecular weight is 592 g/mol. The Morgan fingerprint density at radius 3 is 2.39 bits per heavy atom. The van der Waals surface area contributed by atoms with Gasteiger partial charge in [0.25, 0.3) is 0 Å². The molecule has 8 heteroatoms. The number of amides is 2. The molecule has 0 saturated carbocycles. The number of likely N-dealkylation sites (N-methyl/N-ethyl adjacent to an activating group) is 1. The molecule has 4 aromatic rings. The number of fused-ring (bicyclic) bond motifs is 6. The molecule has 3 fully saturated rings. The van der Waals surface area contributed by atoms with Crippen molar-refractivity contribution < 1.29 is 24.2 Å². The first-order valence-corrected chi connectivity index (χ1v) is 15.4. The van der Waals surface area contributed by atoms with Crippen molar-refractivity contribution in [3.8, 4) is 11.1 Å². The third kappa shape index (κ3) is 5.93. The van der Waals surface area contributed by atoms with E-state index >= 15 is 0 Å². The van der Waals surface area contributed by atoms with Gasteiger partial charge in [-0.05, 0) is 71.6 Å². The number of hydrogen-bond acceptors (Lipinski definition) is 6. The van der Waals surface area contributed by atoms with Crippen LogP contribution in [0.15, 0.2) is 84.9 Å². The van der Waals surface area contributed by atoms with E-state index in [-0.39, 0.29) is 18.6 Å². The maximum atomic E-state index is 13.1. The second-order valence-corrected chi connectivity index (χ2v) is 12.2. The lowest BCUT2D eigenvalue weighted by molar-refractivity contribution is -0.116. The van der Waals surface area contributed by atoms with Crippen LogP contribution in [0.3, 0.4) is 0 Å². The van der Waals surface area contributed by atoms with Gasteiger partial charge in [0.1, 0.15) is 18.3 Å². The molecule has 44 heavy (non-hydrogen) atoms. The molecular weight excluding hydrogens is 554 g/mol. The maximum absolute atomic E-state index is 13.1. The molecule has 3 aliphatic heterocycles. The van der Waals surface area contributed by atoms with Crippen molar-refractivity contribution in [1.29, 1.82) is 0 Å². The zero-order chi connectivity index (χ0) is 30.2. The maximum Gasteiger partial charge on any atom is 0.411 e. The van der Waals surface area contributed by atoms with E-state index in [1.165, 1.54) is 0 Å². The summed E-state index contributed by atoms with van der Waals surface area (Å²) in [5, 5.41) is 17.4. The lowest BCUT2D eigenvalue weighted by Crippen LogP contribution is -2.48. The Hall–Kier alpha value is -4.24. The van der Waals surface area contributed by atoms with Crippen LogP contribution in [0.5, 0.6) is 0 Å². The molecule has 0 radical (unpaired) electrons. The Morgan fingerprint density at radius 1 is 0.886 bits per heavy atom. The number of ether oxygens (including phenoxy) is 2. The highest BCUT2D eigenvalue weighted by Gasteiger charge is 2.62. The molecule has 7 rings (SSSR count). The van der Waals surface area contributed by atoms with Gasteiger partial charge in [-0.3, -0.25) is 15.0 Å². The standard InChI is InChI=1S/C36H37N3O5/c1-39-31-19-28(20-32(39)35-34(31)44-35)43-36(42)38-30-17-22(11-15-29(30)24-7-3-2-4-8-24)6-5-9-33(41)37-27-14-13-25-16-23(21-40)10-12-26(25)18-27/h2-4,7-8,10-18,28,31-32,34-35,40H,5-6,9,19-21H2,1H3,(H,37,41)(H,38,42)/t28-,31-,32-,34-,35+/m0/s1. The van der Waals surface area contributed by atoms with Crippen molar-refractivity contribution in [3.63, 3.8) is 0 Å². The first-order chi connectivity index (χ1) is 21.4. The summed E-state index contributed by atoms with van der Waals surface area (Å²) in [7, 11) is 2.14. The Balaban J connectivity index is 0.978. The third-order valence-electron chi connectivity index (χ3n) is 9.29. The van der Waals surface area contributed by atoms with E-state index in [4.69, 9.17) is 9.47 Å². The molecule has 8 nitrogen and oxygen atoms in total. The third-order valence-corrected chi connectivity index (χ3v) is 9.29. The molecule has 0 unspecified atom stereocenters. The highest BCUT2D eigenvalue weighted by Crippen LogP contribution is 2.48. The highest BCUT2D eigenvalue weighted by molar-refractivity contribution is 5.95. The molecule has 4 aromatic carbocycles. The van der Waals surface area contributed by atoms with E-state index in [2.05, 4.69) is 28.6 Å². The summed E-state index contributed by atoms with van der Waals surface area (Å²) in [6.45, 7) is 0.00116. The summed E-state index contributed by atoms with van der Waals surface area (Å²) in [6.07, 6.45) is 3.32. The fourth-order valence-corrected chi connectivity index (χ4v) is 6.96. The molecule has 3 saturated heterocycles. The van der Waals surface area contributed by atoms with Crippen molar-refractivity contribution in [1.82, 2.24) is 4.90 Å². The number of hydrogen-bond donors (Lipinski definition) is 3. The number of aliphatic hydroxyl groups excluding tert-OH is 1. The number of nitrogens with one attached hydrogen (secondary N) is 2. The van der Waals surface area contributed by atoms with Crippen LogP contribution < -0.4 is 10.6 Å². The number of rotatable bonds is 9. The first-order valence-electron chi connectivity index (χ1n) is 15.4. The summed E-state index contributed by atoms with van der Waals surface area (Å²) in [5.41, 5.74) is 5.27. The molecule has 0 spiro atoms. The summed E-state index contributed by atoms with van der Waals surface area (Å²) >= 11 is 0. The summed E-state index contributed by atoms with van der Waals surface area (Å²) in [5.74, 6) is -0.0470. The molecule has 3 N–H and O–H groups in total. The normalized spacial score (nSPS) is 23.6. The van der Waals surface area contributed by atoms with Crippen LogP contribution in [0.4, 0.5) is 16.2 Å². The predicted octanol–water partition coefficient (Wildman–Crippen LogP) is 6.12. The number of anilines is 2. The van der Waals surface area contributed by atoms with Gasteiger partial charge < -0.3 is 19.9 Å². The minimum atomic E-state index is -0.440. The van der Waals surface area contributed by atoms with Gasteiger partial charge in [-0.25, -0.2) is 4.79 Å². The van der Waals surface area contributed by atoms with E-state index in [1.807, 2.05) is 78.9 Å². The summed E-state index contributed by atoms with van der Waals surface area (Å²) in [6, 6.07) is 28.2. The number of carbonyl (C=O) groups is 2. The fraction of sp³-hybridized carbons (Fsp3) is 0.333. The van der Waals surface area contributed by atoms with E-state index in [1.54, 1.807) is 0 Å². The SMILES string of the molecule is CN1[C@H]2C[C@H](OC(=O)Nc3cc(CCCC(=O)Nc4ccc5cc(CO)ccc5c4)ccc3-c3ccccc3)C[C@H]1[C@H]1O[C@H]12. The summed E-state index contributed by atoms with van der Waals surface area (Å²) in [4.78, 5) is 28.3. The molecule has 2 amide bonds. The number of nitrogens with zero attached hydrogens (tertiary/aromatic N) is 1. The second kappa shape index (κ2) is 12.0. The van der Waals surface area contributed by atoms with Crippen LogP contribution in [0.2, 0.25) is 0 Å².